The van der Waals surface area contributed by atoms with Crippen LogP contribution in [-0.2, 0) is 0 Å². The molecule has 0 amide bonds. The third kappa shape index (κ3) is 1.73. The van der Waals surface area contributed by atoms with Crippen LogP contribution in [-0.4, -0.2) is 22.6 Å². The molecule has 1 nitrogen and oxygen atoms in total. The average Bonchev–Trinajstić information content (AvgIpc) is 2.07. The zero-order valence-electron chi connectivity index (χ0n) is 8.16. The van der Waals surface area contributed by atoms with Crippen LogP contribution in [0.1, 0.15) is 27.7 Å². The second kappa shape index (κ2) is 3.36. The summed E-state index contributed by atoms with van der Waals surface area (Å²) in [6.07, 6.45) is 0. The van der Waals surface area contributed by atoms with Crippen molar-refractivity contribution in [3.8, 4) is 0 Å². The maximum Gasteiger partial charge on any atom is 0.0259 e. The van der Waals surface area contributed by atoms with Crippen molar-refractivity contribution < 1.29 is 0 Å². The molecule has 0 saturated carbocycles. The molecule has 0 N–H and O–H groups in total. The lowest BCUT2D eigenvalue weighted by Gasteiger charge is -2.25. The van der Waals surface area contributed by atoms with Gasteiger partial charge >= 0.3 is 0 Å². The van der Waals surface area contributed by atoms with Crippen molar-refractivity contribution in [3.05, 3.63) is 0 Å². The van der Waals surface area contributed by atoms with Gasteiger partial charge in [0.2, 0.25) is 0 Å². The maximum atomic E-state index is 2.43. The van der Waals surface area contributed by atoms with E-state index in [4.69, 9.17) is 0 Å². The van der Waals surface area contributed by atoms with Gasteiger partial charge < -0.3 is 0 Å². The van der Waals surface area contributed by atoms with Crippen LogP contribution in [0.4, 0.5) is 0 Å². The van der Waals surface area contributed by atoms with Crippen molar-refractivity contribution in [1.82, 2.24) is 4.31 Å². The molecule has 0 aliphatic carbocycles. The van der Waals surface area contributed by atoms with Crippen molar-refractivity contribution in [3.63, 3.8) is 0 Å². The van der Waals surface area contributed by atoms with E-state index in [2.05, 4.69) is 39.0 Å². The number of hydrogen-bond acceptors (Lipinski definition) is 2. The second-order valence-electron chi connectivity index (χ2n) is 3.95. The molecule has 3 unspecified atom stereocenters. The summed E-state index contributed by atoms with van der Waals surface area (Å²) < 4.78 is 2.43. The van der Waals surface area contributed by atoms with E-state index in [-0.39, 0.29) is 0 Å². The lowest BCUT2D eigenvalue weighted by molar-refractivity contribution is 0.260. The molecule has 0 aromatic rings. The van der Waals surface area contributed by atoms with Crippen LogP contribution in [0.2, 0.25) is 0 Å². The molecule has 66 valence electrons. The highest BCUT2D eigenvalue weighted by molar-refractivity contribution is 7.97. The van der Waals surface area contributed by atoms with Crippen LogP contribution < -0.4 is 0 Å². The normalized spacial score (nSPS) is 40.4. The van der Waals surface area contributed by atoms with Crippen molar-refractivity contribution in [1.29, 1.82) is 0 Å². The Morgan fingerprint density at radius 3 is 2.00 bits per heavy atom. The van der Waals surface area contributed by atoms with E-state index in [9.17, 15) is 0 Å². The fourth-order valence-corrected chi connectivity index (χ4v) is 3.52. The van der Waals surface area contributed by atoms with Crippen LogP contribution in [0.15, 0.2) is 0 Å². The first-order valence-corrected chi connectivity index (χ1v) is 5.27. The monoisotopic (exact) mass is 173 g/mol. The van der Waals surface area contributed by atoms with Gasteiger partial charge in [0.05, 0.1) is 0 Å². The molecule has 0 bridgehead atoms. The van der Waals surface area contributed by atoms with Crippen LogP contribution in [0, 0.1) is 11.8 Å². The highest BCUT2D eigenvalue weighted by Gasteiger charge is 2.36. The molecule has 1 fully saturated rings. The molecule has 1 rings (SSSR count). The molecule has 0 aromatic carbocycles. The Balaban J connectivity index is 2.63. The lowest BCUT2D eigenvalue weighted by Crippen LogP contribution is -2.31. The Bertz CT molecular complexity index is 136. The smallest absolute Gasteiger partial charge is 0.0259 e. The average molecular weight is 173 g/mol. The zero-order chi connectivity index (χ0) is 8.59. The molecule has 0 aromatic heterocycles. The summed E-state index contributed by atoms with van der Waals surface area (Å²) in [5.74, 6) is 1.62. The Labute approximate surface area is 74.7 Å². The molecule has 1 aliphatic rings. The zero-order valence-corrected chi connectivity index (χ0v) is 8.98. The molecular formula is C9H19NS. The van der Waals surface area contributed by atoms with Gasteiger partial charge in [0, 0.05) is 11.3 Å². The van der Waals surface area contributed by atoms with Gasteiger partial charge in [-0.05, 0) is 18.9 Å². The summed E-state index contributed by atoms with van der Waals surface area (Å²) in [5, 5.41) is 0.799. The standard InChI is InChI=1S/C9H19NS/c1-6(2)9-7(3)8(4)11-10(9)5/h6-9H,1-5H3. The summed E-state index contributed by atoms with van der Waals surface area (Å²) in [4.78, 5) is 0. The molecule has 1 heterocycles. The number of nitrogens with zero attached hydrogens (tertiary/aromatic N) is 1. The Hall–Kier alpha value is 0.310. The van der Waals surface area contributed by atoms with Crippen LogP contribution in [0.5, 0.6) is 0 Å². The highest BCUT2D eigenvalue weighted by Crippen LogP contribution is 2.39. The van der Waals surface area contributed by atoms with Crippen LogP contribution >= 0.6 is 11.9 Å². The molecule has 2 heteroatoms. The van der Waals surface area contributed by atoms with Crippen molar-refractivity contribution in [2.24, 2.45) is 11.8 Å². The van der Waals surface area contributed by atoms with Gasteiger partial charge in [-0.3, -0.25) is 0 Å². The van der Waals surface area contributed by atoms with E-state index in [1.807, 2.05) is 11.9 Å². The van der Waals surface area contributed by atoms with E-state index >= 15 is 0 Å². The Morgan fingerprint density at radius 2 is 1.82 bits per heavy atom. The highest BCUT2D eigenvalue weighted by atomic mass is 32.2. The van der Waals surface area contributed by atoms with Gasteiger partial charge in [0.15, 0.2) is 0 Å². The summed E-state index contributed by atoms with van der Waals surface area (Å²) in [6, 6.07) is 0.773. The summed E-state index contributed by atoms with van der Waals surface area (Å²) in [7, 11) is 2.22. The first kappa shape index (κ1) is 9.40. The number of hydrogen-bond donors (Lipinski definition) is 0. The van der Waals surface area contributed by atoms with Gasteiger partial charge in [0.25, 0.3) is 0 Å². The first-order chi connectivity index (χ1) is 5.04. The molecule has 3 atom stereocenters. The molecule has 0 spiro atoms. The second-order valence-corrected chi connectivity index (χ2v) is 5.48. The van der Waals surface area contributed by atoms with Crippen LogP contribution in [0.3, 0.4) is 0 Å². The van der Waals surface area contributed by atoms with Crippen molar-refractivity contribution in [2.45, 2.75) is 39.0 Å². The summed E-state index contributed by atoms with van der Waals surface area (Å²) >= 11 is 2.00. The first-order valence-electron chi connectivity index (χ1n) is 4.43. The van der Waals surface area contributed by atoms with E-state index in [0.717, 1.165) is 23.1 Å². The molecule has 1 saturated heterocycles. The third-order valence-electron chi connectivity index (χ3n) is 2.71. The molecule has 0 radical (unpaired) electrons. The largest absolute Gasteiger partial charge is 0.250 e. The minimum absolute atomic E-state index is 0.773. The summed E-state index contributed by atoms with van der Waals surface area (Å²) in [6.45, 7) is 9.33. The minimum Gasteiger partial charge on any atom is -0.250 e. The molecule has 11 heavy (non-hydrogen) atoms. The predicted molar refractivity (Wildman–Crippen MR) is 52.6 cm³/mol. The lowest BCUT2D eigenvalue weighted by atomic mass is 9.90. The fourth-order valence-electron chi connectivity index (χ4n) is 2.06. The van der Waals surface area contributed by atoms with Gasteiger partial charge in [-0.25, -0.2) is 4.31 Å². The quantitative estimate of drug-likeness (QED) is 0.561. The van der Waals surface area contributed by atoms with E-state index < -0.39 is 0 Å². The van der Waals surface area contributed by atoms with Crippen molar-refractivity contribution in [2.75, 3.05) is 7.05 Å². The van der Waals surface area contributed by atoms with E-state index in [1.54, 1.807) is 0 Å². The molecule has 1 aliphatic heterocycles. The molecular weight excluding hydrogens is 154 g/mol. The minimum atomic E-state index is 0.773. The van der Waals surface area contributed by atoms with E-state index in [0.29, 0.717) is 0 Å². The SMILES string of the molecule is CC(C)C1C(C)C(C)SN1C. The van der Waals surface area contributed by atoms with Crippen molar-refractivity contribution >= 4 is 11.9 Å². The van der Waals surface area contributed by atoms with Gasteiger partial charge in [0.1, 0.15) is 0 Å². The van der Waals surface area contributed by atoms with E-state index in [1.165, 1.54) is 0 Å². The topological polar surface area (TPSA) is 3.24 Å². The van der Waals surface area contributed by atoms with Gasteiger partial charge in [-0.2, -0.15) is 0 Å². The van der Waals surface area contributed by atoms with Gasteiger partial charge in [-0.1, -0.05) is 39.6 Å². The Kier molecular flexibility index (Phi) is 2.87. The number of rotatable bonds is 1. The maximum absolute atomic E-state index is 2.43. The fraction of sp³-hybridized carbons (Fsp3) is 1.00. The summed E-state index contributed by atoms with van der Waals surface area (Å²) in [5.41, 5.74) is 0. The third-order valence-corrected chi connectivity index (χ3v) is 4.05. The Morgan fingerprint density at radius 1 is 1.27 bits per heavy atom. The van der Waals surface area contributed by atoms with Gasteiger partial charge in [-0.15, -0.1) is 0 Å². The predicted octanol–water partition coefficient (Wildman–Crippen LogP) is 2.63. The van der Waals surface area contributed by atoms with Crippen LogP contribution in [0.25, 0.3) is 0 Å².